The van der Waals surface area contributed by atoms with Crippen molar-refractivity contribution in [1.29, 1.82) is 0 Å². The lowest BCUT2D eigenvalue weighted by molar-refractivity contribution is -0.117. The van der Waals surface area contributed by atoms with Crippen molar-refractivity contribution >= 4 is 11.6 Å². The van der Waals surface area contributed by atoms with E-state index in [1.807, 2.05) is 25.2 Å². The van der Waals surface area contributed by atoms with E-state index in [2.05, 4.69) is 11.9 Å². The van der Waals surface area contributed by atoms with Crippen LogP contribution in [0.15, 0.2) is 18.2 Å². The molecule has 23 heavy (non-hydrogen) atoms. The van der Waals surface area contributed by atoms with Crippen molar-refractivity contribution in [3.05, 3.63) is 29.3 Å². The Bertz CT molecular complexity index is 566. The van der Waals surface area contributed by atoms with Crippen LogP contribution < -0.4 is 4.90 Å². The Kier molecular flexibility index (Phi) is 5.02. The predicted octanol–water partition coefficient (Wildman–Crippen LogP) is 2.89. The van der Waals surface area contributed by atoms with Gasteiger partial charge < -0.3 is 14.9 Å². The second kappa shape index (κ2) is 7.02. The molecule has 0 saturated heterocycles. The zero-order valence-electron chi connectivity index (χ0n) is 14.3. The van der Waals surface area contributed by atoms with Crippen LogP contribution in [-0.4, -0.2) is 42.6 Å². The molecule has 0 aromatic heterocycles. The van der Waals surface area contributed by atoms with Gasteiger partial charge in [0.15, 0.2) is 0 Å². The van der Waals surface area contributed by atoms with E-state index in [9.17, 15) is 9.90 Å². The Morgan fingerprint density at radius 2 is 2.04 bits per heavy atom. The number of anilines is 1. The highest BCUT2D eigenvalue weighted by Crippen LogP contribution is 2.31. The fraction of sp³-hybridized carbons (Fsp3) is 0.632. The fourth-order valence-electron chi connectivity index (χ4n) is 3.89. The van der Waals surface area contributed by atoms with E-state index in [1.165, 1.54) is 32.1 Å². The van der Waals surface area contributed by atoms with Crippen LogP contribution in [0.4, 0.5) is 5.69 Å². The van der Waals surface area contributed by atoms with E-state index in [-0.39, 0.29) is 5.91 Å². The average molecular weight is 316 g/mol. The molecule has 0 radical (unpaired) electrons. The molecule has 1 unspecified atom stereocenters. The Morgan fingerprint density at radius 1 is 1.30 bits per heavy atom. The monoisotopic (exact) mass is 316 g/mol. The van der Waals surface area contributed by atoms with Gasteiger partial charge in [0.25, 0.3) is 0 Å². The molecule has 1 amide bonds. The topological polar surface area (TPSA) is 43.8 Å². The average Bonchev–Trinajstić information content (AvgIpc) is 2.87. The number of rotatable bonds is 5. The Labute approximate surface area is 139 Å². The summed E-state index contributed by atoms with van der Waals surface area (Å²) in [6.07, 6.45) is 7.37. The van der Waals surface area contributed by atoms with Crippen molar-refractivity contribution in [3.63, 3.8) is 0 Å². The minimum Gasteiger partial charge on any atom is -0.388 e. The summed E-state index contributed by atoms with van der Waals surface area (Å²) >= 11 is 0. The Balaban J connectivity index is 1.57. The number of benzene rings is 1. The minimum atomic E-state index is -0.452. The van der Waals surface area contributed by atoms with E-state index in [1.54, 1.807) is 4.90 Å². The highest BCUT2D eigenvalue weighted by atomic mass is 16.3. The van der Waals surface area contributed by atoms with E-state index < -0.39 is 6.10 Å². The molecule has 0 spiro atoms. The molecule has 2 aliphatic rings. The van der Waals surface area contributed by atoms with Gasteiger partial charge in [-0.1, -0.05) is 31.4 Å². The summed E-state index contributed by atoms with van der Waals surface area (Å²) in [6.45, 7) is 0.918. The molecule has 4 heteroatoms. The number of aliphatic hydroxyl groups excluding tert-OH is 1. The highest BCUT2D eigenvalue weighted by molar-refractivity contribution is 6.00. The van der Waals surface area contributed by atoms with Crippen molar-refractivity contribution in [3.8, 4) is 0 Å². The zero-order chi connectivity index (χ0) is 16.4. The molecule has 4 nitrogen and oxygen atoms in total. The number of carbonyl (C=O) groups is 1. The molecule has 1 heterocycles. The molecule has 1 aliphatic heterocycles. The lowest BCUT2D eigenvalue weighted by atomic mass is 9.94. The third-order valence-electron chi connectivity index (χ3n) is 5.52. The first-order valence-electron chi connectivity index (χ1n) is 8.84. The molecule has 1 aliphatic carbocycles. The van der Waals surface area contributed by atoms with Crippen molar-refractivity contribution in [1.82, 2.24) is 4.90 Å². The summed E-state index contributed by atoms with van der Waals surface area (Å²) in [5.41, 5.74) is 2.95. The number of likely N-dealkylation sites (N-methyl/N-ethyl adjacent to an activating group) is 1. The van der Waals surface area contributed by atoms with Gasteiger partial charge in [0.05, 0.1) is 12.5 Å². The van der Waals surface area contributed by atoms with Gasteiger partial charge in [0.2, 0.25) is 5.91 Å². The number of carbonyl (C=O) groups excluding carboxylic acids is 1. The Hall–Kier alpha value is -1.39. The molecule has 1 N–H and O–H groups in total. The zero-order valence-corrected chi connectivity index (χ0v) is 14.3. The standard InChI is InChI=1S/C19H28N2O2/c1-20(16-6-4-3-5-7-16)11-10-18(22)14-8-9-17-15(12-14)13-19(23)21(17)2/h8-9,12,16,18,22H,3-7,10-11,13H2,1-2H3. The van der Waals surface area contributed by atoms with Gasteiger partial charge in [-0.2, -0.15) is 0 Å². The predicted molar refractivity (Wildman–Crippen MR) is 92.6 cm³/mol. The molecule has 1 aromatic carbocycles. The molecule has 1 atom stereocenters. The summed E-state index contributed by atoms with van der Waals surface area (Å²) in [5, 5.41) is 10.5. The van der Waals surface area contributed by atoms with Gasteiger partial charge in [-0.3, -0.25) is 4.79 Å². The van der Waals surface area contributed by atoms with Crippen LogP contribution in [0.3, 0.4) is 0 Å². The largest absolute Gasteiger partial charge is 0.388 e. The Morgan fingerprint density at radius 3 is 2.78 bits per heavy atom. The van der Waals surface area contributed by atoms with E-state index in [0.717, 1.165) is 29.8 Å². The van der Waals surface area contributed by atoms with Crippen molar-refractivity contribution in [2.24, 2.45) is 0 Å². The molecule has 0 bridgehead atoms. The molecule has 3 rings (SSSR count). The maximum atomic E-state index is 11.8. The van der Waals surface area contributed by atoms with Crippen LogP contribution in [0.1, 0.15) is 55.8 Å². The lowest BCUT2D eigenvalue weighted by Crippen LogP contribution is -2.34. The number of amides is 1. The van der Waals surface area contributed by atoms with Crippen LogP contribution in [0.25, 0.3) is 0 Å². The molecular formula is C19H28N2O2. The first kappa shape index (κ1) is 16.5. The van der Waals surface area contributed by atoms with Gasteiger partial charge in [0.1, 0.15) is 0 Å². The van der Waals surface area contributed by atoms with Crippen molar-refractivity contribution in [2.75, 3.05) is 25.5 Å². The molecule has 126 valence electrons. The molecular weight excluding hydrogens is 288 g/mol. The SMILES string of the molecule is CN1C(=O)Cc2cc(C(O)CCN(C)C3CCCCC3)ccc21. The van der Waals surface area contributed by atoms with Crippen LogP contribution in [0.5, 0.6) is 0 Å². The van der Waals surface area contributed by atoms with E-state index >= 15 is 0 Å². The summed E-state index contributed by atoms with van der Waals surface area (Å²) in [7, 11) is 3.99. The quantitative estimate of drug-likeness (QED) is 0.908. The van der Waals surface area contributed by atoms with Gasteiger partial charge in [-0.05, 0) is 43.5 Å². The van der Waals surface area contributed by atoms with E-state index in [4.69, 9.17) is 0 Å². The third kappa shape index (κ3) is 3.59. The summed E-state index contributed by atoms with van der Waals surface area (Å²) in [6, 6.07) is 6.60. The minimum absolute atomic E-state index is 0.128. The number of hydrogen-bond acceptors (Lipinski definition) is 3. The second-order valence-electron chi connectivity index (χ2n) is 7.09. The number of fused-ring (bicyclic) bond motifs is 1. The summed E-state index contributed by atoms with van der Waals surface area (Å²) < 4.78 is 0. The maximum Gasteiger partial charge on any atom is 0.231 e. The van der Waals surface area contributed by atoms with Crippen LogP contribution >= 0.6 is 0 Å². The number of aliphatic hydroxyl groups is 1. The van der Waals surface area contributed by atoms with Crippen LogP contribution in [0.2, 0.25) is 0 Å². The maximum absolute atomic E-state index is 11.8. The highest BCUT2D eigenvalue weighted by Gasteiger charge is 2.25. The van der Waals surface area contributed by atoms with Gasteiger partial charge >= 0.3 is 0 Å². The van der Waals surface area contributed by atoms with E-state index in [0.29, 0.717) is 12.5 Å². The van der Waals surface area contributed by atoms with Crippen LogP contribution in [-0.2, 0) is 11.2 Å². The first-order chi connectivity index (χ1) is 11.1. The molecule has 1 fully saturated rings. The van der Waals surface area contributed by atoms with Gasteiger partial charge in [-0.25, -0.2) is 0 Å². The smallest absolute Gasteiger partial charge is 0.231 e. The third-order valence-corrected chi connectivity index (χ3v) is 5.52. The lowest BCUT2D eigenvalue weighted by Gasteiger charge is -2.31. The normalized spacial score (nSPS) is 20.2. The molecule has 1 saturated carbocycles. The van der Waals surface area contributed by atoms with Crippen molar-refractivity contribution in [2.45, 2.75) is 57.1 Å². The van der Waals surface area contributed by atoms with Crippen LogP contribution in [0, 0.1) is 0 Å². The van der Waals surface area contributed by atoms with Crippen molar-refractivity contribution < 1.29 is 9.90 Å². The summed E-state index contributed by atoms with van der Waals surface area (Å²) in [5.74, 6) is 0.128. The number of nitrogens with zero attached hydrogens (tertiary/aromatic N) is 2. The summed E-state index contributed by atoms with van der Waals surface area (Å²) in [4.78, 5) is 15.9. The first-order valence-corrected chi connectivity index (χ1v) is 8.84. The second-order valence-corrected chi connectivity index (χ2v) is 7.09. The number of hydrogen-bond donors (Lipinski definition) is 1. The molecule has 1 aromatic rings. The van der Waals surface area contributed by atoms with Gasteiger partial charge in [0, 0.05) is 25.3 Å². The fourth-order valence-corrected chi connectivity index (χ4v) is 3.89. The van der Waals surface area contributed by atoms with Gasteiger partial charge in [-0.15, -0.1) is 0 Å².